The zero-order chi connectivity index (χ0) is 32.0. The molecule has 3 aliphatic heterocycles. The number of likely N-dealkylation sites (tertiary alicyclic amines) is 2. The van der Waals surface area contributed by atoms with E-state index in [9.17, 15) is 17.6 Å². The minimum atomic E-state index is -3.77. The van der Waals surface area contributed by atoms with Crippen LogP contribution >= 0.6 is 0 Å². The number of methoxy groups -OCH3 is 1. The van der Waals surface area contributed by atoms with E-state index in [2.05, 4.69) is 4.90 Å². The Labute approximate surface area is 267 Å². The second kappa shape index (κ2) is 14.9. The van der Waals surface area contributed by atoms with Gasteiger partial charge in [0, 0.05) is 32.2 Å². The monoisotopic (exact) mass is 645 g/mol. The predicted molar refractivity (Wildman–Crippen MR) is 170 cm³/mol. The zero-order valence-corrected chi connectivity index (χ0v) is 27.7. The minimum absolute atomic E-state index is 0.117. The number of ether oxygens (including phenoxy) is 3. The van der Waals surface area contributed by atoms with Gasteiger partial charge < -0.3 is 24.0 Å². The van der Waals surface area contributed by atoms with Crippen LogP contribution in [0.3, 0.4) is 0 Å². The molecular weight excluding hydrogens is 597 g/mol. The highest BCUT2D eigenvalue weighted by atomic mass is 32.2. The summed E-state index contributed by atoms with van der Waals surface area (Å²) in [6.07, 6.45) is 5.92. The lowest BCUT2D eigenvalue weighted by molar-refractivity contribution is -0.145. The van der Waals surface area contributed by atoms with Crippen LogP contribution in [0.25, 0.3) is 0 Å². The zero-order valence-electron chi connectivity index (χ0n) is 26.9. The van der Waals surface area contributed by atoms with Crippen LogP contribution in [0, 0.1) is 19.7 Å². The highest BCUT2D eigenvalue weighted by Crippen LogP contribution is 2.37. The highest BCUT2D eigenvalue weighted by Gasteiger charge is 2.39. The number of piperidine rings is 2. The lowest BCUT2D eigenvalue weighted by Crippen LogP contribution is -2.49. The largest absolute Gasteiger partial charge is 0.497 e. The third kappa shape index (κ3) is 7.88. The normalized spacial score (nSPS) is 21.2. The summed E-state index contributed by atoms with van der Waals surface area (Å²) in [6, 6.07) is 9.77. The standard InChI is InChI=1S/C34H48FN3O6S/c1-26-21-31(42-3)22-27(2)33(26)45(40,41)38-16-5-4-11-30(38)24-43-25-32(39)37-17-12-34(13-18-37,28-9-8-10-29(35)23-28)44-20-19-36-14-6-7-15-36/h8-10,21-23,30H,4-7,11-20,24-25H2,1-3H3. The van der Waals surface area contributed by atoms with Crippen LogP contribution in [-0.4, -0.2) is 101 Å². The number of halogens is 1. The SMILES string of the molecule is COc1cc(C)c(S(=O)(=O)N2CCCCC2COCC(=O)N2CCC(OCCN3CCCC3)(c3cccc(F)c3)CC2)c(C)c1. The fraction of sp³-hybridized carbons (Fsp3) is 0.618. The van der Waals surface area contributed by atoms with Crippen molar-refractivity contribution in [1.82, 2.24) is 14.1 Å². The highest BCUT2D eigenvalue weighted by molar-refractivity contribution is 7.89. The summed E-state index contributed by atoms with van der Waals surface area (Å²) in [7, 11) is -2.20. The fourth-order valence-corrected chi connectivity index (χ4v) is 9.26. The number of aryl methyl sites for hydroxylation is 2. The molecule has 3 fully saturated rings. The molecule has 0 radical (unpaired) electrons. The van der Waals surface area contributed by atoms with Gasteiger partial charge >= 0.3 is 0 Å². The summed E-state index contributed by atoms with van der Waals surface area (Å²) >= 11 is 0. The van der Waals surface area contributed by atoms with Crippen molar-refractivity contribution in [3.63, 3.8) is 0 Å². The van der Waals surface area contributed by atoms with Crippen molar-refractivity contribution in [3.05, 3.63) is 58.9 Å². The Balaban J connectivity index is 1.18. The van der Waals surface area contributed by atoms with Crippen molar-refractivity contribution in [1.29, 1.82) is 0 Å². The van der Waals surface area contributed by atoms with Gasteiger partial charge in [-0.05, 0) is 106 Å². The molecule has 3 saturated heterocycles. The van der Waals surface area contributed by atoms with Crippen molar-refractivity contribution in [3.8, 4) is 5.75 Å². The van der Waals surface area contributed by atoms with E-state index in [-0.39, 0.29) is 31.0 Å². The van der Waals surface area contributed by atoms with Crippen LogP contribution in [0.1, 0.15) is 61.6 Å². The van der Waals surface area contributed by atoms with Gasteiger partial charge in [0.15, 0.2) is 0 Å². The fourth-order valence-electron chi connectivity index (χ4n) is 7.17. The molecule has 2 aromatic carbocycles. The molecule has 1 amide bonds. The summed E-state index contributed by atoms with van der Waals surface area (Å²) in [5.74, 6) is 0.200. The average molecular weight is 646 g/mol. The van der Waals surface area contributed by atoms with Crippen LogP contribution in [0.15, 0.2) is 41.3 Å². The molecule has 9 nitrogen and oxygen atoms in total. The number of carbonyl (C=O) groups excluding carboxylic acids is 1. The van der Waals surface area contributed by atoms with Crippen LogP contribution in [0.4, 0.5) is 4.39 Å². The molecule has 2 aromatic rings. The molecule has 248 valence electrons. The van der Waals surface area contributed by atoms with Crippen molar-refractivity contribution >= 4 is 15.9 Å². The van der Waals surface area contributed by atoms with Gasteiger partial charge in [-0.1, -0.05) is 18.6 Å². The maximum atomic E-state index is 14.2. The molecule has 0 aliphatic carbocycles. The second-order valence-electron chi connectivity index (χ2n) is 12.7. The van der Waals surface area contributed by atoms with E-state index in [1.54, 1.807) is 54.4 Å². The van der Waals surface area contributed by atoms with Gasteiger partial charge in [0.2, 0.25) is 15.9 Å². The first kappa shape index (κ1) is 33.8. The summed E-state index contributed by atoms with van der Waals surface area (Å²) in [4.78, 5) is 17.7. The maximum absolute atomic E-state index is 14.2. The molecule has 0 spiro atoms. The Hall–Kier alpha value is -2.57. The van der Waals surface area contributed by atoms with Crippen LogP contribution in [0.2, 0.25) is 0 Å². The van der Waals surface area contributed by atoms with Crippen LogP contribution < -0.4 is 4.74 Å². The quantitative estimate of drug-likeness (QED) is 0.332. The maximum Gasteiger partial charge on any atom is 0.248 e. The minimum Gasteiger partial charge on any atom is -0.497 e. The smallest absolute Gasteiger partial charge is 0.248 e. The number of carbonyl (C=O) groups is 1. The molecule has 11 heteroatoms. The summed E-state index contributed by atoms with van der Waals surface area (Å²) < 4.78 is 61.2. The Bertz CT molecular complexity index is 1400. The predicted octanol–water partition coefficient (Wildman–Crippen LogP) is 4.64. The lowest BCUT2D eigenvalue weighted by atomic mass is 9.84. The summed E-state index contributed by atoms with van der Waals surface area (Å²) in [5.41, 5.74) is 1.46. The first-order valence-corrected chi connectivity index (χ1v) is 17.7. The Morgan fingerprint density at radius 3 is 2.33 bits per heavy atom. The van der Waals surface area contributed by atoms with E-state index in [1.807, 2.05) is 6.07 Å². The molecule has 0 aromatic heterocycles. The van der Waals surface area contributed by atoms with E-state index in [0.717, 1.165) is 38.0 Å². The molecule has 0 N–H and O–H groups in total. The third-order valence-electron chi connectivity index (χ3n) is 9.60. The number of hydrogen-bond donors (Lipinski definition) is 0. The number of sulfonamides is 1. The summed E-state index contributed by atoms with van der Waals surface area (Å²) in [6.45, 7) is 8.56. The van der Waals surface area contributed by atoms with Crippen molar-refractivity contribution in [2.24, 2.45) is 0 Å². The number of benzene rings is 2. The molecule has 0 bridgehead atoms. The van der Waals surface area contributed by atoms with Crippen LogP contribution in [-0.2, 0) is 29.9 Å². The van der Waals surface area contributed by atoms with Gasteiger partial charge in [0.05, 0.1) is 30.8 Å². The van der Waals surface area contributed by atoms with E-state index in [4.69, 9.17) is 14.2 Å². The average Bonchev–Trinajstić information content (AvgIpc) is 3.54. The van der Waals surface area contributed by atoms with E-state index < -0.39 is 15.6 Å². The topological polar surface area (TPSA) is 88.6 Å². The Morgan fingerprint density at radius 2 is 1.67 bits per heavy atom. The number of rotatable bonds is 12. The van der Waals surface area contributed by atoms with Gasteiger partial charge in [-0.15, -0.1) is 0 Å². The molecule has 45 heavy (non-hydrogen) atoms. The van der Waals surface area contributed by atoms with Crippen molar-refractivity contribution < 1.29 is 31.8 Å². The molecule has 5 rings (SSSR count). The number of nitrogens with zero attached hydrogens (tertiary/aromatic N) is 3. The van der Waals surface area contributed by atoms with Gasteiger partial charge in [-0.25, -0.2) is 12.8 Å². The third-order valence-corrected chi connectivity index (χ3v) is 11.9. The van der Waals surface area contributed by atoms with Crippen LogP contribution in [0.5, 0.6) is 5.75 Å². The van der Waals surface area contributed by atoms with Crippen molar-refractivity contribution in [2.45, 2.75) is 75.3 Å². The van der Waals surface area contributed by atoms with E-state index in [0.29, 0.717) is 67.3 Å². The van der Waals surface area contributed by atoms with Gasteiger partial charge in [-0.2, -0.15) is 4.31 Å². The first-order valence-electron chi connectivity index (χ1n) is 16.3. The molecule has 1 unspecified atom stereocenters. The molecule has 3 aliphatic rings. The molecule has 0 saturated carbocycles. The van der Waals surface area contributed by atoms with Crippen molar-refractivity contribution in [2.75, 3.05) is 66.2 Å². The molecule has 3 heterocycles. The second-order valence-corrected chi connectivity index (χ2v) is 14.5. The first-order chi connectivity index (χ1) is 21.6. The van der Waals surface area contributed by atoms with E-state index >= 15 is 0 Å². The van der Waals surface area contributed by atoms with E-state index in [1.165, 1.54) is 18.9 Å². The number of amides is 1. The lowest BCUT2D eigenvalue weighted by Gasteiger charge is -2.42. The summed E-state index contributed by atoms with van der Waals surface area (Å²) in [5, 5.41) is 0. The van der Waals surface area contributed by atoms with Gasteiger partial charge in [0.25, 0.3) is 0 Å². The Morgan fingerprint density at radius 1 is 0.978 bits per heavy atom. The van der Waals surface area contributed by atoms with Gasteiger partial charge in [0.1, 0.15) is 18.2 Å². The Kier molecular flexibility index (Phi) is 11.2. The molecule has 1 atom stereocenters. The molecular formula is C34H48FN3O6S. The van der Waals surface area contributed by atoms with Gasteiger partial charge in [-0.3, -0.25) is 4.79 Å². The number of hydrogen-bond acceptors (Lipinski definition) is 7.